The summed E-state index contributed by atoms with van der Waals surface area (Å²) < 4.78 is 5.76. The van der Waals surface area contributed by atoms with Crippen molar-refractivity contribution in [2.24, 2.45) is 0 Å². The molecule has 21 heavy (non-hydrogen) atoms. The van der Waals surface area contributed by atoms with E-state index in [4.69, 9.17) is 4.74 Å². The van der Waals surface area contributed by atoms with Gasteiger partial charge in [0.15, 0.2) is 0 Å². The minimum absolute atomic E-state index is 0.502. The van der Waals surface area contributed by atoms with Gasteiger partial charge >= 0.3 is 0 Å². The minimum atomic E-state index is -1.32. The maximum absolute atomic E-state index is 11.7. The first-order chi connectivity index (χ1) is 9.56. The fourth-order valence-electron chi connectivity index (χ4n) is 2.56. The van der Waals surface area contributed by atoms with Gasteiger partial charge in [-0.3, -0.25) is 19.2 Å². The number of rotatable bonds is 4. The monoisotopic (exact) mass is 292 g/mol. The van der Waals surface area contributed by atoms with Crippen LogP contribution in [0.25, 0.3) is 0 Å². The molecule has 0 bridgehead atoms. The molecule has 0 fully saturated rings. The second-order valence-corrected chi connectivity index (χ2v) is 5.69. The van der Waals surface area contributed by atoms with Gasteiger partial charge in [0.1, 0.15) is 11.4 Å². The van der Waals surface area contributed by atoms with Crippen LogP contribution in [0.4, 0.5) is 0 Å². The highest BCUT2D eigenvalue weighted by atomic mass is 16.6. The molecule has 0 unspecified atom stereocenters. The highest BCUT2D eigenvalue weighted by Gasteiger charge is 2.46. The van der Waals surface area contributed by atoms with Crippen LogP contribution < -0.4 is 0 Å². The molecule has 2 rings (SSSR count). The molecule has 7 heteroatoms. The molecule has 7 nitrogen and oxygen atoms in total. The summed E-state index contributed by atoms with van der Waals surface area (Å²) in [5.74, 6) is -2.01. The minimum Gasteiger partial charge on any atom is -0.330 e. The van der Waals surface area contributed by atoms with E-state index in [0.717, 1.165) is 34.1 Å². The van der Waals surface area contributed by atoms with E-state index in [1.54, 1.807) is 0 Å². The Kier molecular flexibility index (Phi) is 3.33. The molecule has 4 amide bonds. The standard InChI is InChI=1S/C14H16N2O5/c1-13(2,15-9(17)5-6-10(15)18)21-14(3,4)16-11(19)7-8-12(16)20/h5-8H,1-4H3. The summed E-state index contributed by atoms with van der Waals surface area (Å²) in [4.78, 5) is 48.9. The third-order valence-electron chi connectivity index (χ3n) is 3.20. The second-order valence-electron chi connectivity index (χ2n) is 5.69. The molecule has 0 aliphatic carbocycles. The van der Waals surface area contributed by atoms with E-state index in [0.29, 0.717) is 0 Å². The van der Waals surface area contributed by atoms with Crippen LogP contribution in [-0.2, 0) is 23.9 Å². The van der Waals surface area contributed by atoms with Crippen molar-refractivity contribution in [2.45, 2.75) is 39.1 Å². The normalized spacial score (nSPS) is 19.4. The van der Waals surface area contributed by atoms with E-state index >= 15 is 0 Å². The maximum atomic E-state index is 11.7. The SMILES string of the molecule is CC(C)(OC(C)(C)N1C(=O)C=CC1=O)N1C(=O)C=CC1=O. The van der Waals surface area contributed by atoms with Crippen molar-refractivity contribution in [1.82, 2.24) is 9.80 Å². The molecular weight excluding hydrogens is 276 g/mol. The van der Waals surface area contributed by atoms with Gasteiger partial charge in [-0.2, -0.15) is 0 Å². The summed E-state index contributed by atoms with van der Waals surface area (Å²) in [7, 11) is 0. The number of hydrogen-bond donors (Lipinski definition) is 0. The molecule has 0 aromatic heterocycles. The predicted molar refractivity (Wildman–Crippen MR) is 71.2 cm³/mol. The average molecular weight is 292 g/mol. The molecule has 0 aromatic rings. The van der Waals surface area contributed by atoms with Gasteiger partial charge in [-0.1, -0.05) is 0 Å². The third-order valence-corrected chi connectivity index (χ3v) is 3.20. The van der Waals surface area contributed by atoms with Crippen LogP contribution in [0.2, 0.25) is 0 Å². The third kappa shape index (κ3) is 2.52. The van der Waals surface area contributed by atoms with E-state index in [1.807, 2.05) is 0 Å². The lowest BCUT2D eigenvalue weighted by Gasteiger charge is -2.43. The van der Waals surface area contributed by atoms with E-state index in [1.165, 1.54) is 27.7 Å². The smallest absolute Gasteiger partial charge is 0.255 e. The Hall–Kier alpha value is -2.28. The van der Waals surface area contributed by atoms with Gasteiger partial charge in [0.2, 0.25) is 0 Å². The second kappa shape index (κ2) is 4.63. The topological polar surface area (TPSA) is 84.0 Å². The van der Waals surface area contributed by atoms with Crippen LogP contribution >= 0.6 is 0 Å². The summed E-state index contributed by atoms with van der Waals surface area (Å²) >= 11 is 0. The van der Waals surface area contributed by atoms with Crippen LogP contribution in [0, 0.1) is 0 Å². The number of ether oxygens (including phenoxy) is 1. The maximum Gasteiger partial charge on any atom is 0.255 e. The molecule has 0 atom stereocenters. The van der Waals surface area contributed by atoms with Crippen molar-refractivity contribution < 1.29 is 23.9 Å². The van der Waals surface area contributed by atoms with E-state index in [-0.39, 0.29) is 0 Å². The van der Waals surface area contributed by atoms with Crippen molar-refractivity contribution in [1.29, 1.82) is 0 Å². The Morgan fingerprint density at radius 2 is 0.905 bits per heavy atom. The van der Waals surface area contributed by atoms with Crippen molar-refractivity contribution in [3.63, 3.8) is 0 Å². The van der Waals surface area contributed by atoms with Gasteiger partial charge in [-0.25, -0.2) is 9.80 Å². The Bertz CT molecular complexity index is 512. The van der Waals surface area contributed by atoms with Crippen LogP contribution in [0.3, 0.4) is 0 Å². The Morgan fingerprint density at radius 1 is 0.667 bits per heavy atom. The highest BCUT2D eigenvalue weighted by Crippen LogP contribution is 2.30. The zero-order valence-electron chi connectivity index (χ0n) is 12.2. The molecule has 0 spiro atoms. The van der Waals surface area contributed by atoms with Crippen LogP contribution in [0.5, 0.6) is 0 Å². The van der Waals surface area contributed by atoms with Gasteiger partial charge in [-0.15, -0.1) is 0 Å². The lowest BCUT2D eigenvalue weighted by molar-refractivity contribution is -0.232. The zero-order chi connectivity index (χ0) is 16.0. The summed E-state index contributed by atoms with van der Waals surface area (Å²) in [5, 5.41) is 0. The molecule has 0 saturated heterocycles. The summed E-state index contributed by atoms with van der Waals surface area (Å²) in [6, 6.07) is 0. The summed E-state index contributed by atoms with van der Waals surface area (Å²) in [6.07, 6.45) is 4.59. The Labute approximate surface area is 121 Å². The van der Waals surface area contributed by atoms with Crippen molar-refractivity contribution in [2.75, 3.05) is 0 Å². The van der Waals surface area contributed by atoms with Gasteiger partial charge in [0.05, 0.1) is 0 Å². The zero-order valence-corrected chi connectivity index (χ0v) is 12.2. The fourth-order valence-corrected chi connectivity index (χ4v) is 2.56. The first-order valence-corrected chi connectivity index (χ1v) is 6.39. The molecular formula is C14H16N2O5. The molecule has 2 aliphatic rings. The molecule has 112 valence electrons. The van der Waals surface area contributed by atoms with Gasteiger partial charge in [0, 0.05) is 24.3 Å². The van der Waals surface area contributed by atoms with E-state index in [2.05, 4.69) is 0 Å². The number of hydrogen-bond acceptors (Lipinski definition) is 5. The molecule has 0 aromatic carbocycles. The van der Waals surface area contributed by atoms with Crippen LogP contribution in [0.1, 0.15) is 27.7 Å². The molecule has 2 heterocycles. The highest BCUT2D eigenvalue weighted by molar-refractivity contribution is 6.14. The Morgan fingerprint density at radius 3 is 1.14 bits per heavy atom. The van der Waals surface area contributed by atoms with Gasteiger partial charge < -0.3 is 4.74 Å². The van der Waals surface area contributed by atoms with E-state index in [9.17, 15) is 19.2 Å². The molecule has 0 radical (unpaired) electrons. The van der Waals surface area contributed by atoms with Crippen LogP contribution in [0.15, 0.2) is 24.3 Å². The number of amides is 4. The van der Waals surface area contributed by atoms with Crippen molar-refractivity contribution in [3.05, 3.63) is 24.3 Å². The summed E-state index contributed by atoms with van der Waals surface area (Å²) in [6.45, 7) is 6.10. The Balaban J connectivity index is 2.23. The molecule has 2 aliphatic heterocycles. The largest absolute Gasteiger partial charge is 0.330 e. The first kappa shape index (κ1) is 15.1. The lowest BCUT2D eigenvalue weighted by atomic mass is 10.2. The summed E-state index contributed by atoms with van der Waals surface area (Å²) in [5.41, 5.74) is -2.63. The quantitative estimate of drug-likeness (QED) is 0.697. The van der Waals surface area contributed by atoms with Crippen molar-refractivity contribution >= 4 is 23.6 Å². The fraction of sp³-hybridized carbons (Fsp3) is 0.429. The number of carbonyl (C=O) groups excluding carboxylic acids is 4. The number of carbonyl (C=O) groups is 4. The average Bonchev–Trinajstić information content (AvgIpc) is 2.81. The number of imide groups is 2. The molecule has 0 saturated carbocycles. The molecule has 0 N–H and O–H groups in total. The van der Waals surface area contributed by atoms with Crippen molar-refractivity contribution in [3.8, 4) is 0 Å². The van der Waals surface area contributed by atoms with E-state index < -0.39 is 35.1 Å². The lowest BCUT2D eigenvalue weighted by Crippen LogP contribution is -2.59. The number of nitrogens with zero attached hydrogens (tertiary/aromatic N) is 2. The van der Waals surface area contributed by atoms with Gasteiger partial charge in [0.25, 0.3) is 23.6 Å². The van der Waals surface area contributed by atoms with Gasteiger partial charge in [-0.05, 0) is 27.7 Å². The predicted octanol–water partition coefficient (Wildman–Crippen LogP) is 0.325. The van der Waals surface area contributed by atoms with Crippen LogP contribution in [-0.4, -0.2) is 44.9 Å². The first-order valence-electron chi connectivity index (χ1n) is 6.39.